The second-order valence-corrected chi connectivity index (χ2v) is 5.11. The smallest absolute Gasteiger partial charge is 0.235 e. The fraction of sp³-hybridized carbons (Fsp3) is 0.500. The number of ether oxygens (including phenoxy) is 2. The zero-order chi connectivity index (χ0) is 14.0. The van der Waals surface area contributed by atoms with E-state index in [1.165, 1.54) is 0 Å². The lowest BCUT2D eigenvalue weighted by molar-refractivity contribution is 0.241. The Morgan fingerprint density at radius 2 is 1.95 bits per heavy atom. The monoisotopic (exact) mass is 281 g/mol. The molecule has 0 unspecified atom stereocenters. The van der Waals surface area contributed by atoms with Gasteiger partial charge in [0, 0.05) is 5.56 Å². The minimum absolute atomic E-state index is 0.483. The predicted molar refractivity (Wildman–Crippen MR) is 72.9 cm³/mol. The zero-order valence-corrected chi connectivity index (χ0v) is 12.0. The summed E-state index contributed by atoms with van der Waals surface area (Å²) in [6.07, 6.45) is 4.33. The van der Waals surface area contributed by atoms with Crippen molar-refractivity contribution in [3.8, 4) is 11.5 Å². The van der Waals surface area contributed by atoms with Crippen molar-refractivity contribution in [2.45, 2.75) is 31.7 Å². The molecule has 0 atom stereocenters. The Morgan fingerprint density at radius 1 is 1.32 bits per heavy atom. The lowest BCUT2D eigenvalue weighted by Gasteiger charge is -2.39. The van der Waals surface area contributed by atoms with Gasteiger partial charge in [0.25, 0.3) is 0 Å². The minimum Gasteiger partial charge on any atom is -0.492 e. The number of halogens is 1. The number of aliphatic imine (C=N–C) groups is 1. The van der Waals surface area contributed by atoms with E-state index in [-0.39, 0.29) is 0 Å². The van der Waals surface area contributed by atoms with E-state index in [1.807, 2.05) is 13.0 Å². The second-order valence-electron chi connectivity index (χ2n) is 4.71. The standard InChI is InChI=1S/C14H16ClNO3/c1-9-7-10(15)12(18-2)13(19-3)11(9)14(16-8-17)5-4-6-14/h7H,4-6H2,1-3H3. The number of rotatable bonds is 4. The molecule has 0 saturated heterocycles. The Hall–Kier alpha value is -1.51. The Morgan fingerprint density at radius 3 is 2.37 bits per heavy atom. The molecule has 0 spiro atoms. The van der Waals surface area contributed by atoms with Gasteiger partial charge in [-0.3, -0.25) is 0 Å². The first-order valence-electron chi connectivity index (χ1n) is 6.10. The van der Waals surface area contributed by atoms with Crippen molar-refractivity contribution in [3.63, 3.8) is 0 Å². The number of benzene rings is 1. The summed E-state index contributed by atoms with van der Waals surface area (Å²) in [7, 11) is 3.10. The Bertz CT molecular complexity index is 546. The van der Waals surface area contributed by atoms with Crippen LogP contribution in [0.4, 0.5) is 0 Å². The van der Waals surface area contributed by atoms with Crippen LogP contribution in [0.2, 0.25) is 5.02 Å². The number of aryl methyl sites for hydroxylation is 1. The highest BCUT2D eigenvalue weighted by Gasteiger charge is 2.43. The molecule has 0 radical (unpaired) electrons. The summed E-state index contributed by atoms with van der Waals surface area (Å²) >= 11 is 6.16. The molecule has 1 aromatic carbocycles. The van der Waals surface area contributed by atoms with Crippen molar-refractivity contribution < 1.29 is 14.3 Å². The van der Waals surface area contributed by atoms with Gasteiger partial charge in [-0.1, -0.05) is 11.6 Å². The molecule has 1 aromatic rings. The van der Waals surface area contributed by atoms with Crippen molar-refractivity contribution in [3.05, 3.63) is 22.2 Å². The van der Waals surface area contributed by atoms with Gasteiger partial charge in [-0.15, -0.1) is 0 Å². The molecule has 0 bridgehead atoms. The van der Waals surface area contributed by atoms with Crippen LogP contribution in [0, 0.1) is 6.92 Å². The Labute approximate surface area is 117 Å². The normalized spacial score (nSPS) is 16.2. The van der Waals surface area contributed by atoms with Crippen LogP contribution in [0.25, 0.3) is 0 Å². The van der Waals surface area contributed by atoms with Crippen LogP contribution in [-0.4, -0.2) is 20.3 Å². The van der Waals surface area contributed by atoms with Gasteiger partial charge in [0.15, 0.2) is 11.5 Å². The van der Waals surface area contributed by atoms with Gasteiger partial charge in [0.1, 0.15) is 5.54 Å². The first-order chi connectivity index (χ1) is 9.09. The van der Waals surface area contributed by atoms with Crippen molar-refractivity contribution in [2.24, 2.45) is 4.99 Å². The van der Waals surface area contributed by atoms with E-state index in [0.717, 1.165) is 30.4 Å². The van der Waals surface area contributed by atoms with Gasteiger partial charge < -0.3 is 9.47 Å². The van der Waals surface area contributed by atoms with Crippen molar-refractivity contribution in [2.75, 3.05) is 14.2 Å². The molecule has 2 rings (SSSR count). The molecule has 1 aliphatic carbocycles. The number of hydrogen-bond acceptors (Lipinski definition) is 4. The molecule has 102 valence electrons. The third kappa shape index (κ3) is 2.11. The predicted octanol–water partition coefficient (Wildman–Crippen LogP) is 3.38. The molecule has 0 heterocycles. The summed E-state index contributed by atoms with van der Waals surface area (Å²) in [6.45, 7) is 1.93. The molecule has 0 aliphatic heterocycles. The van der Waals surface area contributed by atoms with E-state index < -0.39 is 5.54 Å². The molecule has 4 nitrogen and oxygen atoms in total. The molecule has 0 N–H and O–H groups in total. The summed E-state index contributed by atoms with van der Waals surface area (Å²) in [5, 5.41) is 0.491. The maximum atomic E-state index is 10.7. The van der Waals surface area contributed by atoms with Crippen LogP contribution in [0.15, 0.2) is 11.1 Å². The van der Waals surface area contributed by atoms with Crippen molar-refractivity contribution in [1.29, 1.82) is 0 Å². The topological polar surface area (TPSA) is 47.9 Å². The summed E-state index contributed by atoms with van der Waals surface area (Å²) in [6, 6.07) is 1.82. The van der Waals surface area contributed by atoms with Crippen LogP contribution in [0.5, 0.6) is 11.5 Å². The third-order valence-corrected chi connectivity index (χ3v) is 3.98. The summed E-state index contributed by atoms with van der Waals surface area (Å²) < 4.78 is 10.8. The van der Waals surface area contributed by atoms with E-state index in [2.05, 4.69) is 4.99 Å². The minimum atomic E-state index is -0.533. The summed E-state index contributed by atoms with van der Waals surface area (Å²) in [4.78, 5) is 14.8. The summed E-state index contributed by atoms with van der Waals surface area (Å²) in [5.74, 6) is 1.04. The van der Waals surface area contributed by atoms with E-state index in [0.29, 0.717) is 16.5 Å². The number of methoxy groups -OCH3 is 2. The highest BCUT2D eigenvalue weighted by Crippen LogP contribution is 2.53. The highest BCUT2D eigenvalue weighted by atomic mass is 35.5. The van der Waals surface area contributed by atoms with Crippen molar-refractivity contribution in [1.82, 2.24) is 0 Å². The fourth-order valence-electron chi connectivity index (χ4n) is 2.71. The molecular formula is C14H16ClNO3. The quantitative estimate of drug-likeness (QED) is 0.628. The van der Waals surface area contributed by atoms with E-state index in [1.54, 1.807) is 20.3 Å². The van der Waals surface area contributed by atoms with Crippen LogP contribution in [-0.2, 0) is 10.3 Å². The van der Waals surface area contributed by atoms with E-state index >= 15 is 0 Å². The number of nitrogens with zero attached hydrogens (tertiary/aromatic N) is 1. The van der Waals surface area contributed by atoms with Crippen LogP contribution >= 0.6 is 11.6 Å². The van der Waals surface area contributed by atoms with Crippen LogP contribution in [0.1, 0.15) is 30.4 Å². The molecule has 1 saturated carbocycles. The number of hydrogen-bond donors (Lipinski definition) is 0. The average molecular weight is 282 g/mol. The Balaban J connectivity index is 2.71. The van der Waals surface area contributed by atoms with Crippen LogP contribution < -0.4 is 9.47 Å². The first kappa shape index (κ1) is 13.9. The lowest BCUT2D eigenvalue weighted by Crippen LogP contribution is -2.33. The molecule has 1 aliphatic rings. The SMILES string of the molecule is COc1c(Cl)cc(C)c(C2(N=C=O)CCC2)c1OC. The number of carbonyl (C=O) groups excluding carboxylic acids is 1. The maximum Gasteiger partial charge on any atom is 0.235 e. The molecule has 0 amide bonds. The van der Waals surface area contributed by atoms with E-state index in [9.17, 15) is 4.79 Å². The van der Waals surface area contributed by atoms with Gasteiger partial charge in [0.05, 0.1) is 19.2 Å². The largest absolute Gasteiger partial charge is 0.492 e. The molecule has 1 fully saturated rings. The fourth-order valence-corrected chi connectivity index (χ4v) is 3.04. The highest BCUT2D eigenvalue weighted by molar-refractivity contribution is 6.32. The average Bonchev–Trinajstić information content (AvgIpc) is 2.33. The molecule has 19 heavy (non-hydrogen) atoms. The molecule has 0 aromatic heterocycles. The molecular weight excluding hydrogens is 266 g/mol. The van der Waals surface area contributed by atoms with Gasteiger partial charge in [-0.05, 0) is 37.8 Å². The second kappa shape index (κ2) is 5.24. The third-order valence-electron chi connectivity index (χ3n) is 3.70. The molecule has 5 heteroatoms. The first-order valence-corrected chi connectivity index (χ1v) is 6.48. The lowest BCUT2D eigenvalue weighted by atomic mass is 9.70. The van der Waals surface area contributed by atoms with Crippen molar-refractivity contribution >= 4 is 17.7 Å². The van der Waals surface area contributed by atoms with E-state index in [4.69, 9.17) is 21.1 Å². The van der Waals surface area contributed by atoms with Crippen LogP contribution in [0.3, 0.4) is 0 Å². The van der Waals surface area contributed by atoms with Gasteiger partial charge >= 0.3 is 0 Å². The zero-order valence-electron chi connectivity index (χ0n) is 11.2. The Kier molecular flexibility index (Phi) is 3.83. The van der Waals surface area contributed by atoms with Gasteiger partial charge in [0.2, 0.25) is 6.08 Å². The maximum absolute atomic E-state index is 10.7. The van der Waals surface area contributed by atoms with Gasteiger partial charge in [-0.25, -0.2) is 4.79 Å². The number of isocyanates is 1. The van der Waals surface area contributed by atoms with Gasteiger partial charge in [-0.2, -0.15) is 4.99 Å². The summed E-state index contributed by atoms with van der Waals surface area (Å²) in [5.41, 5.74) is 1.29.